The predicted octanol–water partition coefficient (Wildman–Crippen LogP) is 6.44. The van der Waals surface area contributed by atoms with Crippen molar-refractivity contribution in [3.05, 3.63) is 64.4 Å². The summed E-state index contributed by atoms with van der Waals surface area (Å²) in [4.78, 5) is 11.3. The Hall–Kier alpha value is -3.14. The molecule has 2 atom stereocenters. The molecule has 0 aliphatic heterocycles. The molecule has 1 aromatic carbocycles. The lowest BCUT2D eigenvalue weighted by Crippen LogP contribution is -2.35. The number of alkyl halides is 6. The van der Waals surface area contributed by atoms with Crippen LogP contribution in [0.15, 0.2) is 53.8 Å². The van der Waals surface area contributed by atoms with E-state index in [-0.39, 0.29) is 30.4 Å². The maximum Gasteiger partial charge on any atom is 0.422 e. The lowest BCUT2D eigenvalue weighted by atomic mass is 9.93. The zero-order valence-corrected chi connectivity index (χ0v) is 22.3. The van der Waals surface area contributed by atoms with E-state index in [2.05, 4.69) is 11.8 Å². The van der Waals surface area contributed by atoms with E-state index in [4.69, 9.17) is 30.5 Å². The fourth-order valence-corrected chi connectivity index (χ4v) is 3.58. The molecule has 2 rings (SSSR count). The van der Waals surface area contributed by atoms with Crippen molar-refractivity contribution in [2.75, 3.05) is 26.4 Å². The van der Waals surface area contributed by atoms with Crippen LogP contribution in [0.5, 0.6) is 5.75 Å². The summed E-state index contributed by atoms with van der Waals surface area (Å²) in [6, 6.07) is 4.74. The first-order chi connectivity index (χ1) is 18.6. The molecule has 1 unspecified atom stereocenters. The molecule has 0 saturated heterocycles. The second kappa shape index (κ2) is 14.5. The van der Waals surface area contributed by atoms with E-state index in [1.807, 2.05) is 0 Å². The zero-order chi connectivity index (χ0) is 30.0. The van der Waals surface area contributed by atoms with Crippen LogP contribution in [0.4, 0.5) is 26.3 Å². The van der Waals surface area contributed by atoms with Gasteiger partial charge in [-0.1, -0.05) is 35.6 Å². The van der Waals surface area contributed by atoms with Gasteiger partial charge in [-0.2, -0.15) is 26.3 Å². The molecule has 0 bridgehead atoms. The first kappa shape index (κ1) is 33.1. The van der Waals surface area contributed by atoms with Gasteiger partial charge in [0.1, 0.15) is 24.7 Å². The molecule has 0 heterocycles. The molecule has 1 aliphatic carbocycles. The van der Waals surface area contributed by atoms with E-state index < -0.39 is 49.7 Å². The summed E-state index contributed by atoms with van der Waals surface area (Å²) in [5, 5.41) is 9.44. The zero-order valence-electron chi connectivity index (χ0n) is 21.5. The van der Waals surface area contributed by atoms with Gasteiger partial charge in [-0.25, -0.2) is 4.79 Å². The largest absolute Gasteiger partial charge is 0.488 e. The first-order valence-electron chi connectivity index (χ1n) is 11.9. The third kappa shape index (κ3) is 11.9. The minimum absolute atomic E-state index is 0.0254. The van der Waals surface area contributed by atoms with Crippen molar-refractivity contribution in [2.45, 2.75) is 50.7 Å². The number of carbonyl (C=O) groups is 1. The van der Waals surface area contributed by atoms with Gasteiger partial charge < -0.3 is 24.1 Å². The highest BCUT2D eigenvalue weighted by Gasteiger charge is 2.38. The van der Waals surface area contributed by atoms with Crippen LogP contribution >= 0.6 is 11.6 Å². The van der Waals surface area contributed by atoms with E-state index in [0.717, 1.165) is 0 Å². The van der Waals surface area contributed by atoms with E-state index in [9.17, 15) is 36.2 Å². The van der Waals surface area contributed by atoms with Crippen molar-refractivity contribution in [1.29, 1.82) is 0 Å². The minimum atomic E-state index is -4.69. The summed E-state index contributed by atoms with van der Waals surface area (Å²) >= 11 is 6.24. The minimum Gasteiger partial charge on any atom is -0.488 e. The van der Waals surface area contributed by atoms with E-state index in [1.54, 1.807) is 32.0 Å². The number of rotatable bonds is 12. The molecular weight excluding hydrogens is 570 g/mol. The Balaban J connectivity index is 2.09. The second-order valence-corrected chi connectivity index (χ2v) is 8.97. The maximum absolute atomic E-state index is 12.8. The Morgan fingerprint density at radius 1 is 1.18 bits per heavy atom. The molecule has 40 heavy (non-hydrogen) atoms. The van der Waals surface area contributed by atoms with Crippen molar-refractivity contribution in [3.8, 4) is 17.6 Å². The number of aliphatic carboxylic acids is 1. The predicted molar refractivity (Wildman–Crippen MR) is 134 cm³/mol. The van der Waals surface area contributed by atoms with Crippen LogP contribution in [-0.4, -0.2) is 61.6 Å². The first-order valence-corrected chi connectivity index (χ1v) is 12.2. The number of allylic oxidation sites excluding steroid dienone is 3. The second-order valence-electron chi connectivity index (χ2n) is 8.57. The summed E-state index contributed by atoms with van der Waals surface area (Å²) in [6.45, 7) is 0.168. The van der Waals surface area contributed by atoms with Crippen molar-refractivity contribution >= 4 is 17.6 Å². The molecule has 6 nitrogen and oxygen atoms in total. The average molecular weight is 597 g/mol. The van der Waals surface area contributed by atoms with Crippen molar-refractivity contribution in [3.63, 3.8) is 0 Å². The van der Waals surface area contributed by atoms with Crippen LogP contribution in [0.1, 0.15) is 25.8 Å². The standard InChI is InChI=1S/C27H27ClF6O6/c1-3-37-23(24(35)36)14-19-6-7-22(21(28)13-19)38-12-9-18(2)8-11-25(40-17-27(32,33)34)10-4-5-20(15-25)39-16-26(29,30)31/h4-7,9-10,13,23H,3,12,14-17H2,1-2H3,(H,35,36)/t23-,25?/m0/s1. The highest BCUT2D eigenvalue weighted by molar-refractivity contribution is 6.32. The third-order valence-electron chi connectivity index (χ3n) is 5.16. The number of halogens is 7. The number of hydrogen-bond acceptors (Lipinski definition) is 5. The molecule has 0 radical (unpaired) electrons. The number of hydrogen-bond donors (Lipinski definition) is 1. The smallest absolute Gasteiger partial charge is 0.422 e. The molecule has 0 fully saturated rings. The summed E-state index contributed by atoms with van der Waals surface area (Å²) < 4.78 is 96.5. The van der Waals surface area contributed by atoms with Gasteiger partial charge in [0, 0.05) is 19.4 Å². The van der Waals surface area contributed by atoms with Crippen molar-refractivity contribution in [2.24, 2.45) is 0 Å². The number of carboxylic acids is 1. The van der Waals surface area contributed by atoms with Crippen LogP contribution in [0.2, 0.25) is 5.02 Å². The average Bonchev–Trinajstić information content (AvgIpc) is 2.85. The molecule has 0 aromatic heterocycles. The molecule has 1 aliphatic rings. The lowest BCUT2D eigenvalue weighted by molar-refractivity contribution is -0.191. The molecule has 1 aromatic rings. The molecule has 1 N–H and O–H groups in total. The Morgan fingerprint density at radius 3 is 2.48 bits per heavy atom. The van der Waals surface area contributed by atoms with Crippen molar-refractivity contribution < 1.29 is 55.2 Å². The van der Waals surface area contributed by atoms with Gasteiger partial charge in [0.05, 0.1) is 5.02 Å². The molecule has 220 valence electrons. The Morgan fingerprint density at radius 2 is 1.88 bits per heavy atom. The van der Waals surface area contributed by atoms with Crippen LogP contribution in [0.3, 0.4) is 0 Å². The Labute approximate surface area is 232 Å². The van der Waals surface area contributed by atoms with Gasteiger partial charge in [0.25, 0.3) is 0 Å². The maximum atomic E-state index is 12.8. The fraction of sp³-hybridized carbons (Fsp3) is 0.444. The third-order valence-corrected chi connectivity index (χ3v) is 5.45. The molecule has 0 amide bonds. The van der Waals surface area contributed by atoms with Gasteiger partial charge in [-0.05, 0) is 55.3 Å². The Kier molecular flexibility index (Phi) is 12.0. The summed E-state index contributed by atoms with van der Waals surface area (Å²) in [7, 11) is 0. The monoisotopic (exact) mass is 596 g/mol. The lowest BCUT2D eigenvalue weighted by Gasteiger charge is -2.29. The number of ether oxygens (including phenoxy) is 4. The summed E-state index contributed by atoms with van der Waals surface area (Å²) in [6.07, 6.45) is -5.54. The topological polar surface area (TPSA) is 74.2 Å². The molecular formula is C27H27ClF6O6. The van der Waals surface area contributed by atoms with Gasteiger partial charge in [0.2, 0.25) is 0 Å². The van der Waals surface area contributed by atoms with Crippen LogP contribution in [0, 0.1) is 11.8 Å². The normalized spacial score (nSPS) is 18.4. The van der Waals surface area contributed by atoms with Gasteiger partial charge in [-0.15, -0.1) is 0 Å². The van der Waals surface area contributed by atoms with Gasteiger partial charge >= 0.3 is 18.3 Å². The van der Waals surface area contributed by atoms with Crippen LogP contribution < -0.4 is 4.74 Å². The van der Waals surface area contributed by atoms with E-state index >= 15 is 0 Å². The van der Waals surface area contributed by atoms with Gasteiger partial charge in [-0.3, -0.25) is 0 Å². The molecule has 13 heteroatoms. The summed E-state index contributed by atoms with van der Waals surface area (Å²) in [5.41, 5.74) is -0.868. The number of carboxylic acid groups (broad SMARTS) is 1. The highest BCUT2D eigenvalue weighted by atomic mass is 35.5. The van der Waals surface area contributed by atoms with E-state index in [1.165, 1.54) is 24.3 Å². The quantitative estimate of drug-likeness (QED) is 0.221. The van der Waals surface area contributed by atoms with Crippen LogP contribution in [-0.2, 0) is 25.4 Å². The van der Waals surface area contributed by atoms with Crippen molar-refractivity contribution in [1.82, 2.24) is 0 Å². The SMILES string of the molecule is CCO[C@@H](Cc1ccc(OCC=C(C)C#CC2(OCC(F)(F)F)C=CC=C(OCC(F)(F)F)C2)c(Cl)c1)C(=O)O. The fourth-order valence-electron chi connectivity index (χ4n) is 3.33. The van der Waals surface area contributed by atoms with Gasteiger partial charge in [0.15, 0.2) is 18.3 Å². The van der Waals surface area contributed by atoms with Crippen LogP contribution in [0.25, 0.3) is 0 Å². The number of benzene rings is 1. The summed E-state index contributed by atoms with van der Waals surface area (Å²) in [5.74, 6) is 4.19. The van der Waals surface area contributed by atoms with E-state index in [0.29, 0.717) is 16.9 Å². The molecule has 0 spiro atoms. The molecule has 0 saturated carbocycles. The Bertz CT molecular complexity index is 1180. The highest BCUT2D eigenvalue weighted by Crippen LogP contribution is 2.31.